The Labute approximate surface area is 193 Å². The fourth-order valence-corrected chi connectivity index (χ4v) is 3.57. The van der Waals surface area contributed by atoms with E-state index in [1.165, 1.54) is 6.92 Å². The highest BCUT2D eigenvalue weighted by Gasteiger charge is 2.13. The average molecular weight is 440 g/mol. The Balaban J connectivity index is 1.53. The summed E-state index contributed by atoms with van der Waals surface area (Å²) in [5, 5.41) is 5.10. The third kappa shape index (κ3) is 5.39. The molecule has 4 aromatic carbocycles. The van der Waals surface area contributed by atoms with Crippen molar-refractivity contribution >= 4 is 28.2 Å². The summed E-state index contributed by atoms with van der Waals surface area (Å²) in [6.07, 6.45) is 0. The highest BCUT2D eigenvalue weighted by molar-refractivity contribution is 6.05. The van der Waals surface area contributed by atoms with E-state index >= 15 is 0 Å². The van der Waals surface area contributed by atoms with Crippen molar-refractivity contribution in [2.24, 2.45) is 0 Å². The van der Waals surface area contributed by atoms with Gasteiger partial charge in [0.2, 0.25) is 0 Å². The first-order valence-electron chi connectivity index (χ1n) is 10.8. The lowest BCUT2D eigenvalue weighted by Gasteiger charge is -2.14. The SMILES string of the molecule is CCOc1ccc(C(=O)Nc2cccc(C(C)=O)c2)cc1COc1ccc2ccccc2c1. The molecule has 4 aromatic rings. The summed E-state index contributed by atoms with van der Waals surface area (Å²) in [5.74, 6) is 1.09. The first-order valence-corrected chi connectivity index (χ1v) is 10.8. The fraction of sp³-hybridized carbons (Fsp3) is 0.143. The van der Waals surface area contributed by atoms with E-state index in [1.807, 2.05) is 43.3 Å². The zero-order chi connectivity index (χ0) is 23.2. The molecule has 0 unspecified atom stereocenters. The minimum absolute atomic E-state index is 0.0553. The minimum Gasteiger partial charge on any atom is -0.493 e. The molecular formula is C28H25NO4. The summed E-state index contributed by atoms with van der Waals surface area (Å²) in [7, 11) is 0. The summed E-state index contributed by atoms with van der Waals surface area (Å²) in [6, 6.07) is 26.2. The maximum absolute atomic E-state index is 12.9. The molecule has 0 aliphatic carbocycles. The summed E-state index contributed by atoms with van der Waals surface area (Å²) in [6.45, 7) is 4.17. The van der Waals surface area contributed by atoms with Crippen LogP contribution in [0.15, 0.2) is 84.9 Å². The van der Waals surface area contributed by atoms with Gasteiger partial charge in [-0.1, -0.05) is 42.5 Å². The third-order valence-corrected chi connectivity index (χ3v) is 5.26. The van der Waals surface area contributed by atoms with E-state index in [0.29, 0.717) is 29.2 Å². The second-order valence-corrected chi connectivity index (χ2v) is 7.64. The Kier molecular flexibility index (Phi) is 6.69. The Bertz CT molecular complexity index is 1310. The predicted octanol–water partition coefficient (Wildman–Crippen LogP) is 6.27. The number of anilines is 1. The summed E-state index contributed by atoms with van der Waals surface area (Å²) >= 11 is 0. The van der Waals surface area contributed by atoms with Crippen LogP contribution in [-0.4, -0.2) is 18.3 Å². The van der Waals surface area contributed by atoms with Crippen LogP contribution in [-0.2, 0) is 6.61 Å². The second kappa shape index (κ2) is 10.0. The zero-order valence-corrected chi connectivity index (χ0v) is 18.6. The number of hydrogen-bond acceptors (Lipinski definition) is 4. The largest absolute Gasteiger partial charge is 0.493 e. The Morgan fingerprint density at radius 2 is 1.61 bits per heavy atom. The van der Waals surface area contributed by atoms with Gasteiger partial charge < -0.3 is 14.8 Å². The lowest BCUT2D eigenvalue weighted by Crippen LogP contribution is -2.13. The molecule has 0 bridgehead atoms. The molecule has 0 aliphatic rings. The topological polar surface area (TPSA) is 64.6 Å². The van der Waals surface area contributed by atoms with Crippen LogP contribution in [0.25, 0.3) is 10.8 Å². The Morgan fingerprint density at radius 1 is 0.788 bits per heavy atom. The maximum Gasteiger partial charge on any atom is 0.255 e. The fourth-order valence-electron chi connectivity index (χ4n) is 3.57. The third-order valence-electron chi connectivity index (χ3n) is 5.26. The van der Waals surface area contributed by atoms with Crippen LogP contribution >= 0.6 is 0 Å². The van der Waals surface area contributed by atoms with Crippen molar-refractivity contribution in [2.45, 2.75) is 20.5 Å². The molecule has 1 amide bonds. The van der Waals surface area contributed by atoms with Crippen LogP contribution in [0.3, 0.4) is 0 Å². The van der Waals surface area contributed by atoms with E-state index in [0.717, 1.165) is 22.1 Å². The van der Waals surface area contributed by atoms with Gasteiger partial charge >= 0.3 is 0 Å². The van der Waals surface area contributed by atoms with Crippen molar-refractivity contribution in [1.82, 2.24) is 0 Å². The van der Waals surface area contributed by atoms with Gasteiger partial charge in [-0.25, -0.2) is 0 Å². The monoisotopic (exact) mass is 439 g/mol. The molecule has 0 saturated carbocycles. The number of carbonyl (C=O) groups excluding carboxylic acids is 2. The number of ketones is 1. The van der Waals surface area contributed by atoms with E-state index in [9.17, 15) is 9.59 Å². The number of fused-ring (bicyclic) bond motifs is 1. The van der Waals surface area contributed by atoms with Crippen molar-refractivity contribution in [2.75, 3.05) is 11.9 Å². The lowest BCUT2D eigenvalue weighted by molar-refractivity contribution is 0.101. The van der Waals surface area contributed by atoms with Gasteiger partial charge in [-0.2, -0.15) is 0 Å². The van der Waals surface area contributed by atoms with Crippen molar-refractivity contribution in [3.05, 3.63) is 102 Å². The van der Waals surface area contributed by atoms with E-state index in [2.05, 4.69) is 11.4 Å². The van der Waals surface area contributed by atoms with Gasteiger partial charge in [0.1, 0.15) is 18.1 Å². The normalized spacial score (nSPS) is 10.6. The predicted molar refractivity (Wildman–Crippen MR) is 130 cm³/mol. The molecular weight excluding hydrogens is 414 g/mol. The molecule has 1 N–H and O–H groups in total. The van der Waals surface area contributed by atoms with Crippen LogP contribution in [0.4, 0.5) is 5.69 Å². The summed E-state index contributed by atoms with van der Waals surface area (Å²) in [4.78, 5) is 24.5. The highest BCUT2D eigenvalue weighted by Crippen LogP contribution is 2.25. The van der Waals surface area contributed by atoms with Crippen LogP contribution in [0.5, 0.6) is 11.5 Å². The molecule has 33 heavy (non-hydrogen) atoms. The number of ether oxygens (including phenoxy) is 2. The van der Waals surface area contributed by atoms with Gasteiger partial charge in [0, 0.05) is 22.4 Å². The molecule has 0 radical (unpaired) electrons. The van der Waals surface area contributed by atoms with Crippen LogP contribution in [0.2, 0.25) is 0 Å². The zero-order valence-electron chi connectivity index (χ0n) is 18.6. The standard InChI is InChI=1S/C28H25NO4/c1-3-32-27-14-12-23(28(31)29-25-10-6-9-21(16-25)19(2)30)15-24(27)18-33-26-13-11-20-7-4-5-8-22(20)17-26/h4-17H,3,18H2,1-2H3,(H,29,31). The van der Waals surface area contributed by atoms with E-state index in [-0.39, 0.29) is 18.3 Å². The number of hydrogen-bond donors (Lipinski definition) is 1. The molecule has 166 valence electrons. The van der Waals surface area contributed by atoms with Crippen molar-refractivity contribution in [3.63, 3.8) is 0 Å². The van der Waals surface area contributed by atoms with Gasteiger partial charge in [0.25, 0.3) is 5.91 Å². The average Bonchev–Trinajstić information content (AvgIpc) is 2.83. The number of rotatable bonds is 8. The number of amides is 1. The van der Waals surface area contributed by atoms with Crippen molar-refractivity contribution in [1.29, 1.82) is 0 Å². The molecule has 0 heterocycles. The quantitative estimate of drug-likeness (QED) is 0.329. The molecule has 0 aliphatic heterocycles. The van der Waals surface area contributed by atoms with E-state index < -0.39 is 0 Å². The molecule has 5 nitrogen and oxygen atoms in total. The highest BCUT2D eigenvalue weighted by atomic mass is 16.5. The van der Waals surface area contributed by atoms with Gasteiger partial charge in [-0.3, -0.25) is 9.59 Å². The second-order valence-electron chi connectivity index (χ2n) is 7.64. The number of Topliss-reactive ketones (excluding diaryl/α,β-unsaturated/α-hetero) is 1. The smallest absolute Gasteiger partial charge is 0.255 e. The number of nitrogens with one attached hydrogen (secondary N) is 1. The number of carbonyl (C=O) groups is 2. The molecule has 0 spiro atoms. The lowest BCUT2D eigenvalue weighted by atomic mass is 10.1. The Morgan fingerprint density at radius 3 is 2.39 bits per heavy atom. The van der Waals surface area contributed by atoms with E-state index in [4.69, 9.17) is 9.47 Å². The van der Waals surface area contributed by atoms with Gasteiger partial charge in [-0.05, 0) is 67.1 Å². The van der Waals surface area contributed by atoms with Crippen molar-refractivity contribution in [3.8, 4) is 11.5 Å². The molecule has 5 heteroatoms. The van der Waals surface area contributed by atoms with Crippen LogP contribution < -0.4 is 14.8 Å². The number of benzene rings is 4. The Hall–Kier alpha value is -4.12. The summed E-state index contributed by atoms with van der Waals surface area (Å²) in [5.41, 5.74) is 2.36. The van der Waals surface area contributed by atoms with Crippen LogP contribution in [0.1, 0.15) is 40.1 Å². The van der Waals surface area contributed by atoms with Crippen molar-refractivity contribution < 1.29 is 19.1 Å². The van der Waals surface area contributed by atoms with Gasteiger partial charge in [0.15, 0.2) is 5.78 Å². The molecule has 0 atom stereocenters. The first-order chi connectivity index (χ1) is 16.0. The molecule has 0 aromatic heterocycles. The minimum atomic E-state index is -0.272. The molecule has 4 rings (SSSR count). The van der Waals surface area contributed by atoms with Crippen LogP contribution in [0, 0.1) is 0 Å². The van der Waals surface area contributed by atoms with Gasteiger partial charge in [-0.15, -0.1) is 0 Å². The van der Waals surface area contributed by atoms with Gasteiger partial charge in [0.05, 0.1) is 6.61 Å². The molecule has 0 fully saturated rings. The van der Waals surface area contributed by atoms with E-state index in [1.54, 1.807) is 42.5 Å². The maximum atomic E-state index is 12.9. The summed E-state index contributed by atoms with van der Waals surface area (Å²) < 4.78 is 11.8. The molecule has 0 saturated heterocycles. The first kappa shape index (κ1) is 22.1.